The summed E-state index contributed by atoms with van der Waals surface area (Å²) in [6.45, 7) is 6.37. The third-order valence-corrected chi connectivity index (χ3v) is 6.63. The second-order valence-corrected chi connectivity index (χ2v) is 8.56. The standard InChI is InChI=1S/C16H22N4S2/c1-12-19-13(11-22-12)9-20(10-15-18-6-7-21-15)14-8-16(14)2-4-17-5-3-16/h6-7,11,14,17H,2-5,8-10H2,1H3. The Morgan fingerprint density at radius 1 is 1.32 bits per heavy atom. The van der Waals surface area contributed by atoms with Gasteiger partial charge in [-0.3, -0.25) is 4.90 Å². The van der Waals surface area contributed by atoms with Crippen LogP contribution in [0, 0.1) is 12.3 Å². The van der Waals surface area contributed by atoms with Crippen LogP contribution in [0.5, 0.6) is 0 Å². The van der Waals surface area contributed by atoms with E-state index in [1.54, 1.807) is 22.7 Å². The molecule has 22 heavy (non-hydrogen) atoms. The molecule has 118 valence electrons. The van der Waals surface area contributed by atoms with E-state index >= 15 is 0 Å². The number of nitrogens with one attached hydrogen (secondary N) is 1. The molecule has 0 amide bonds. The van der Waals surface area contributed by atoms with Crippen LogP contribution < -0.4 is 5.32 Å². The third kappa shape index (κ3) is 2.97. The summed E-state index contributed by atoms with van der Waals surface area (Å²) in [5, 5.41) is 10.2. The van der Waals surface area contributed by atoms with Crippen LogP contribution in [0.2, 0.25) is 0 Å². The van der Waals surface area contributed by atoms with Crippen molar-refractivity contribution < 1.29 is 0 Å². The van der Waals surface area contributed by atoms with Gasteiger partial charge in [-0.1, -0.05) is 0 Å². The van der Waals surface area contributed by atoms with Gasteiger partial charge in [-0.25, -0.2) is 9.97 Å². The first-order valence-electron chi connectivity index (χ1n) is 7.99. The van der Waals surface area contributed by atoms with Crippen molar-refractivity contribution in [1.29, 1.82) is 0 Å². The summed E-state index contributed by atoms with van der Waals surface area (Å²) in [7, 11) is 0. The molecule has 1 N–H and O–H groups in total. The van der Waals surface area contributed by atoms with Crippen molar-refractivity contribution in [2.75, 3.05) is 13.1 Å². The Labute approximate surface area is 139 Å². The third-order valence-electron chi connectivity index (χ3n) is 5.04. The first kappa shape index (κ1) is 14.8. The lowest BCUT2D eigenvalue weighted by Gasteiger charge is -2.28. The maximum atomic E-state index is 4.67. The Morgan fingerprint density at radius 3 is 2.86 bits per heavy atom. The Bertz CT molecular complexity index is 616. The molecule has 4 rings (SSSR count). The monoisotopic (exact) mass is 334 g/mol. The molecule has 1 saturated heterocycles. The van der Waals surface area contributed by atoms with Crippen LogP contribution in [0.3, 0.4) is 0 Å². The summed E-state index contributed by atoms with van der Waals surface area (Å²) in [4.78, 5) is 11.8. The van der Waals surface area contributed by atoms with Crippen LogP contribution in [0.4, 0.5) is 0 Å². The van der Waals surface area contributed by atoms with Gasteiger partial charge in [0.2, 0.25) is 0 Å². The molecule has 0 radical (unpaired) electrons. The van der Waals surface area contributed by atoms with Crippen LogP contribution in [0.25, 0.3) is 0 Å². The quantitative estimate of drug-likeness (QED) is 0.912. The number of hydrogen-bond donors (Lipinski definition) is 1. The second-order valence-electron chi connectivity index (χ2n) is 6.52. The van der Waals surface area contributed by atoms with Crippen LogP contribution >= 0.6 is 22.7 Å². The first-order valence-corrected chi connectivity index (χ1v) is 9.75. The van der Waals surface area contributed by atoms with Crippen molar-refractivity contribution in [2.45, 2.75) is 45.3 Å². The van der Waals surface area contributed by atoms with Gasteiger partial charge in [0.15, 0.2) is 0 Å². The number of hydrogen-bond acceptors (Lipinski definition) is 6. The molecule has 0 bridgehead atoms. The smallest absolute Gasteiger partial charge is 0.107 e. The van der Waals surface area contributed by atoms with E-state index in [-0.39, 0.29) is 0 Å². The fourth-order valence-electron chi connectivity index (χ4n) is 3.77. The zero-order valence-electron chi connectivity index (χ0n) is 12.9. The SMILES string of the molecule is Cc1nc(CN(Cc2nccs2)C2CC23CCNCC3)cs1. The molecule has 2 aromatic rings. The first-order chi connectivity index (χ1) is 10.8. The summed E-state index contributed by atoms with van der Waals surface area (Å²) in [5.74, 6) is 0. The lowest BCUT2D eigenvalue weighted by Crippen LogP contribution is -2.35. The normalized spacial score (nSPS) is 23.3. The Hall–Kier alpha value is -0.820. The molecule has 0 aromatic carbocycles. The number of piperidine rings is 1. The molecule has 3 heterocycles. The average Bonchev–Trinajstić information content (AvgIpc) is 2.90. The van der Waals surface area contributed by atoms with Gasteiger partial charge in [-0.05, 0) is 44.7 Å². The van der Waals surface area contributed by atoms with E-state index in [2.05, 4.69) is 37.9 Å². The van der Waals surface area contributed by atoms with Crippen LogP contribution in [-0.4, -0.2) is 34.0 Å². The minimum absolute atomic E-state index is 0.563. The highest BCUT2D eigenvalue weighted by Gasteiger charge is 2.56. The van der Waals surface area contributed by atoms with E-state index in [9.17, 15) is 0 Å². The van der Waals surface area contributed by atoms with Gasteiger partial charge < -0.3 is 5.32 Å². The number of aromatic nitrogens is 2. The van der Waals surface area contributed by atoms with Crippen molar-refractivity contribution in [3.63, 3.8) is 0 Å². The van der Waals surface area contributed by atoms with Crippen molar-refractivity contribution in [3.8, 4) is 0 Å². The Kier molecular flexibility index (Phi) is 4.02. The van der Waals surface area contributed by atoms with Crippen LogP contribution in [0.15, 0.2) is 17.0 Å². The van der Waals surface area contributed by atoms with Gasteiger partial charge >= 0.3 is 0 Å². The largest absolute Gasteiger partial charge is 0.317 e. The number of rotatable bonds is 5. The van der Waals surface area contributed by atoms with Gasteiger partial charge in [0.05, 0.1) is 17.2 Å². The zero-order valence-corrected chi connectivity index (χ0v) is 14.6. The number of aryl methyl sites for hydroxylation is 1. The van der Waals surface area contributed by atoms with E-state index in [0.29, 0.717) is 11.5 Å². The number of nitrogens with zero attached hydrogens (tertiary/aromatic N) is 3. The molecule has 2 aliphatic rings. The zero-order chi connectivity index (χ0) is 15.0. The van der Waals surface area contributed by atoms with Crippen molar-refractivity contribution in [3.05, 3.63) is 32.7 Å². The van der Waals surface area contributed by atoms with E-state index in [1.165, 1.54) is 43.1 Å². The molecule has 2 fully saturated rings. The van der Waals surface area contributed by atoms with Gasteiger partial charge in [0.1, 0.15) is 5.01 Å². The second kappa shape index (κ2) is 6.00. The van der Waals surface area contributed by atoms with Crippen molar-refractivity contribution in [1.82, 2.24) is 20.2 Å². The maximum Gasteiger partial charge on any atom is 0.107 e. The van der Waals surface area contributed by atoms with Crippen LogP contribution in [0.1, 0.15) is 35.0 Å². The molecule has 1 aliphatic heterocycles. The van der Waals surface area contributed by atoms with E-state index < -0.39 is 0 Å². The van der Waals surface area contributed by atoms with Gasteiger partial charge in [0.25, 0.3) is 0 Å². The van der Waals surface area contributed by atoms with Crippen molar-refractivity contribution in [2.24, 2.45) is 5.41 Å². The Balaban J connectivity index is 1.50. The topological polar surface area (TPSA) is 41.1 Å². The predicted molar refractivity (Wildman–Crippen MR) is 91.2 cm³/mol. The highest BCUT2D eigenvalue weighted by Crippen LogP contribution is 2.56. The predicted octanol–water partition coefficient (Wildman–Crippen LogP) is 3.05. The number of thiazole rings is 2. The molecule has 6 heteroatoms. The fourth-order valence-corrected chi connectivity index (χ4v) is 5.02. The summed E-state index contributed by atoms with van der Waals surface area (Å²) in [6, 6.07) is 0.709. The summed E-state index contributed by atoms with van der Waals surface area (Å²) < 4.78 is 0. The average molecular weight is 335 g/mol. The molecule has 1 spiro atoms. The molecule has 1 unspecified atom stereocenters. The summed E-state index contributed by atoms with van der Waals surface area (Å²) >= 11 is 3.52. The molecular weight excluding hydrogens is 312 g/mol. The van der Waals surface area contributed by atoms with E-state index in [0.717, 1.165) is 18.1 Å². The summed E-state index contributed by atoms with van der Waals surface area (Å²) in [5.41, 5.74) is 1.78. The summed E-state index contributed by atoms with van der Waals surface area (Å²) in [6.07, 6.45) is 5.91. The minimum Gasteiger partial charge on any atom is -0.317 e. The highest BCUT2D eigenvalue weighted by atomic mass is 32.1. The highest BCUT2D eigenvalue weighted by molar-refractivity contribution is 7.09. The molecule has 2 aromatic heterocycles. The van der Waals surface area contributed by atoms with Crippen LogP contribution in [-0.2, 0) is 13.1 Å². The fraction of sp³-hybridized carbons (Fsp3) is 0.625. The van der Waals surface area contributed by atoms with Crippen molar-refractivity contribution >= 4 is 22.7 Å². The van der Waals surface area contributed by atoms with Gasteiger partial charge in [-0.2, -0.15) is 0 Å². The molecule has 1 atom stereocenters. The maximum absolute atomic E-state index is 4.67. The van der Waals surface area contributed by atoms with E-state index in [4.69, 9.17) is 0 Å². The minimum atomic E-state index is 0.563. The molecular formula is C16H22N4S2. The Morgan fingerprint density at radius 2 is 2.18 bits per heavy atom. The lowest BCUT2D eigenvalue weighted by molar-refractivity contribution is 0.186. The lowest BCUT2D eigenvalue weighted by atomic mass is 9.93. The molecule has 1 aliphatic carbocycles. The van der Waals surface area contributed by atoms with Gasteiger partial charge in [0, 0.05) is 29.5 Å². The van der Waals surface area contributed by atoms with E-state index in [1.807, 2.05) is 6.20 Å². The van der Waals surface area contributed by atoms with Gasteiger partial charge in [-0.15, -0.1) is 22.7 Å². The molecule has 4 nitrogen and oxygen atoms in total. The molecule has 1 saturated carbocycles.